The molecule has 2 atom stereocenters. The molecule has 10 heavy (non-hydrogen) atoms. The third kappa shape index (κ3) is 2.27. The van der Waals surface area contributed by atoms with Gasteiger partial charge in [-0.25, -0.2) is 0 Å². The highest BCUT2D eigenvalue weighted by Crippen LogP contribution is 2.09. The van der Waals surface area contributed by atoms with Gasteiger partial charge in [-0.3, -0.25) is 0 Å². The van der Waals surface area contributed by atoms with Crippen molar-refractivity contribution in [2.75, 3.05) is 13.2 Å². The summed E-state index contributed by atoms with van der Waals surface area (Å²) in [7, 11) is 0. The van der Waals surface area contributed by atoms with Crippen LogP contribution in [0, 0.1) is 0 Å². The van der Waals surface area contributed by atoms with Gasteiger partial charge in [0.2, 0.25) is 0 Å². The van der Waals surface area contributed by atoms with Crippen LogP contribution in [0.5, 0.6) is 0 Å². The predicted molar refractivity (Wildman–Crippen MR) is 42.1 cm³/mol. The van der Waals surface area contributed by atoms with Crippen LogP contribution in [0.3, 0.4) is 0 Å². The van der Waals surface area contributed by atoms with Gasteiger partial charge in [0.15, 0.2) is 0 Å². The Morgan fingerprint density at radius 2 is 2.40 bits per heavy atom. The molecule has 2 heteroatoms. The maximum absolute atomic E-state index is 5.56. The first-order chi connectivity index (χ1) is 4.83. The van der Waals surface area contributed by atoms with Gasteiger partial charge in [0, 0.05) is 19.2 Å². The predicted octanol–water partition coefficient (Wildman–Crippen LogP) is 1.16. The van der Waals surface area contributed by atoms with Gasteiger partial charge in [0.25, 0.3) is 0 Å². The van der Waals surface area contributed by atoms with Crippen LogP contribution in [0.1, 0.15) is 26.7 Å². The van der Waals surface area contributed by atoms with Crippen molar-refractivity contribution in [3.05, 3.63) is 0 Å². The molecule has 0 saturated carbocycles. The monoisotopic (exact) mass is 143 g/mol. The molecule has 0 aromatic carbocycles. The quantitative estimate of drug-likeness (QED) is 0.640. The van der Waals surface area contributed by atoms with Gasteiger partial charge in [-0.15, -0.1) is 0 Å². The Balaban J connectivity index is 2.06. The molecule has 2 unspecified atom stereocenters. The second kappa shape index (κ2) is 3.94. The minimum atomic E-state index is 0.481. The second-order valence-corrected chi connectivity index (χ2v) is 3.04. The lowest BCUT2D eigenvalue weighted by molar-refractivity contribution is 0.0662. The lowest BCUT2D eigenvalue weighted by atomic mass is 10.2. The summed E-state index contributed by atoms with van der Waals surface area (Å²) in [5, 5.41) is 3.35. The Morgan fingerprint density at radius 1 is 1.60 bits per heavy atom. The molecule has 0 aliphatic carbocycles. The van der Waals surface area contributed by atoms with E-state index in [4.69, 9.17) is 4.74 Å². The lowest BCUT2D eigenvalue weighted by Crippen LogP contribution is -2.19. The molecule has 0 bridgehead atoms. The van der Waals surface area contributed by atoms with E-state index in [1.165, 1.54) is 6.42 Å². The Bertz CT molecular complexity index is 95.3. The number of hydrogen-bond acceptors (Lipinski definition) is 2. The zero-order valence-corrected chi connectivity index (χ0v) is 6.89. The molecule has 1 heterocycles. The van der Waals surface area contributed by atoms with Gasteiger partial charge in [0.05, 0.1) is 6.10 Å². The molecule has 1 rings (SSSR count). The topological polar surface area (TPSA) is 21.3 Å². The summed E-state index contributed by atoms with van der Waals surface area (Å²) >= 11 is 0. The largest absolute Gasteiger partial charge is 0.377 e. The average Bonchev–Trinajstić information content (AvgIpc) is 2.31. The number of hydrogen-bond donors (Lipinski definition) is 1. The summed E-state index contributed by atoms with van der Waals surface area (Å²) in [5.41, 5.74) is 0. The highest BCUT2D eigenvalue weighted by Gasteiger charge is 2.20. The molecule has 0 spiro atoms. The minimum absolute atomic E-state index is 0.481. The van der Waals surface area contributed by atoms with Gasteiger partial charge in [-0.1, -0.05) is 6.92 Å². The lowest BCUT2D eigenvalue weighted by Gasteiger charge is -2.08. The summed E-state index contributed by atoms with van der Waals surface area (Å²) < 4.78 is 5.56. The highest BCUT2D eigenvalue weighted by molar-refractivity contribution is 4.78. The van der Waals surface area contributed by atoms with E-state index in [0.717, 1.165) is 19.6 Å². The maximum Gasteiger partial charge on any atom is 0.0714 e. The number of rotatable bonds is 3. The van der Waals surface area contributed by atoms with Crippen LogP contribution in [-0.2, 0) is 4.74 Å². The molecule has 1 saturated heterocycles. The van der Waals surface area contributed by atoms with Crippen molar-refractivity contribution >= 4 is 0 Å². The van der Waals surface area contributed by atoms with Crippen molar-refractivity contribution in [1.82, 2.24) is 5.32 Å². The molecule has 1 fully saturated rings. The van der Waals surface area contributed by atoms with Crippen LogP contribution in [0.2, 0.25) is 0 Å². The molecule has 0 aromatic heterocycles. The van der Waals surface area contributed by atoms with E-state index in [0.29, 0.717) is 12.1 Å². The first-order valence-corrected chi connectivity index (χ1v) is 4.18. The van der Waals surface area contributed by atoms with Crippen molar-refractivity contribution in [2.45, 2.75) is 38.8 Å². The second-order valence-electron chi connectivity index (χ2n) is 3.04. The summed E-state index contributed by atoms with van der Waals surface area (Å²) in [6, 6.07) is 0.654. The van der Waals surface area contributed by atoms with Crippen molar-refractivity contribution in [1.29, 1.82) is 0 Å². The smallest absolute Gasteiger partial charge is 0.0714 e. The van der Waals surface area contributed by atoms with Crippen molar-refractivity contribution < 1.29 is 4.74 Å². The molecule has 0 aromatic rings. The minimum Gasteiger partial charge on any atom is -0.377 e. The van der Waals surface area contributed by atoms with Gasteiger partial charge in [-0.05, 0) is 19.8 Å². The molecule has 1 aliphatic rings. The Morgan fingerprint density at radius 3 is 2.90 bits per heavy atom. The van der Waals surface area contributed by atoms with Crippen LogP contribution in [0.4, 0.5) is 0 Å². The van der Waals surface area contributed by atoms with Crippen molar-refractivity contribution in [3.8, 4) is 0 Å². The van der Waals surface area contributed by atoms with Gasteiger partial charge in [-0.2, -0.15) is 0 Å². The molecule has 2 nitrogen and oxygen atoms in total. The molecule has 1 N–H and O–H groups in total. The Kier molecular flexibility index (Phi) is 3.16. The average molecular weight is 143 g/mol. The van der Waals surface area contributed by atoms with Crippen molar-refractivity contribution in [3.63, 3.8) is 0 Å². The first kappa shape index (κ1) is 8.02. The van der Waals surface area contributed by atoms with Crippen LogP contribution in [-0.4, -0.2) is 25.3 Å². The fourth-order valence-corrected chi connectivity index (χ4v) is 1.31. The summed E-state index contributed by atoms with van der Waals surface area (Å²) in [5.74, 6) is 0. The van der Waals surface area contributed by atoms with Gasteiger partial charge in [0.1, 0.15) is 0 Å². The third-order valence-electron chi connectivity index (χ3n) is 1.87. The standard InChI is InChI=1S/C8H17NO/c1-3-4-10-8-5-7(2)9-6-8/h7-9H,3-6H2,1-2H3. The Labute approximate surface area is 63.0 Å². The molecule has 60 valence electrons. The SMILES string of the molecule is CCCOC1CNC(C)C1. The van der Waals surface area contributed by atoms with Gasteiger partial charge >= 0.3 is 0 Å². The fourth-order valence-electron chi connectivity index (χ4n) is 1.31. The Hall–Kier alpha value is -0.0800. The summed E-state index contributed by atoms with van der Waals surface area (Å²) in [6.45, 7) is 6.31. The zero-order chi connectivity index (χ0) is 7.40. The maximum atomic E-state index is 5.56. The normalized spacial score (nSPS) is 33.0. The molecule has 1 aliphatic heterocycles. The summed E-state index contributed by atoms with van der Waals surface area (Å²) in [6.07, 6.45) is 2.79. The molecular weight excluding hydrogens is 126 g/mol. The summed E-state index contributed by atoms with van der Waals surface area (Å²) in [4.78, 5) is 0. The van der Waals surface area contributed by atoms with E-state index in [-0.39, 0.29) is 0 Å². The van der Waals surface area contributed by atoms with Crippen molar-refractivity contribution in [2.24, 2.45) is 0 Å². The highest BCUT2D eigenvalue weighted by atomic mass is 16.5. The van der Waals surface area contributed by atoms with E-state index >= 15 is 0 Å². The fraction of sp³-hybridized carbons (Fsp3) is 1.00. The molecule has 0 amide bonds. The van der Waals surface area contributed by atoms with Gasteiger partial charge < -0.3 is 10.1 Å². The van der Waals surface area contributed by atoms with E-state index in [9.17, 15) is 0 Å². The van der Waals surface area contributed by atoms with E-state index < -0.39 is 0 Å². The van der Waals surface area contributed by atoms with Crippen LogP contribution in [0.25, 0.3) is 0 Å². The van der Waals surface area contributed by atoms with E-state index in [1.807, 2.05) is 0 Å². The number of nitrogens with one attached hydrogen (secondary N) is 1. The third-order valence-corrected chi connectivity index (χ3v) is 1.87. The first-order valence-electron chi connectivity index (χ1n) is 4.18. The molecular formula is C8H17NO. The number of ether oxygens (including phenoxy) is 1. The zero-order valence-electron chi connectivity index (χ0n) is 6.89. The van der Waals surface area contributed by atoms with E-state index in [2.05, 4.69) is 19.2 Å². The van der Waals surface area contributed by atoms with Crippen LogP contribution >= 0.6 is 0 Å². The van der Waals surface area contributed by atoms with Crippen LogP contribution < -0.4 is 5.32 Å². The van der Waals surface area contributed by atoms with Crippen LogP contribution in [0.15, 0.2) is 0 Å². The van der Waals surface area contributed by atoms with E-state index in [1.54, 1.807) is 0 Å². The molecule has 0 radical (unpaired) electrons.